The summed E-state index contributed by atoms with van der Waals surface area (Å²) in [5.41, 5.74) is -0.284. The number of non-ortho nitro benzene ring substituents is 1. The number of carbonyl (C=O) groups is 1. The van der Waals surface area contributed by atoms with Crippen LogP contribution in [-0.2, 0) is 9.84 Å². The number of hydrogen-bond acceptors (Lipinski definition) is 5. The molecule has 0 amide bonds. The van der Waals surface area contributed by atoms with Gasteiger partial charge in [-0.05, 0) is 6.92 Å². The third kappa shape index (κ3) is 3.01. The van der Waals surface area contributed by atoms with Crippen molar-refractivity contribution in [1.29, 1.82) is 0 Å². The first-order chi connectivity index (χ1) is 8.63. The van der Waals surface area contributed by atoms with Crippen LogP contribution in [0.4, 0.5) is 5.69 Å². The highest BCUT2D eigenvalue weighted by Crippen LogP contribution is 2.31. The number of ketones is 1. The molecule has 1 aromatic carbocycles. The lowest BCUT2D eigenvalue weighted by molar-refractivity contribution is -0.384. The zero-order chi connectivity index (χ0) is 14.8. The highest BCUT2D eigenvalue weighted by atomic mass is 79.9. The van der Waals surface area contributed by atoms with Crippen LogP contribution in [0.5, 0.6) is 0 Å². The van der Waals surface area contributed by atoms with Crippen LogP contribution in [0.2, 0.25) is 0 Å². The van der Waals surface area contributed by atoms with Gasteiger partial charge in [-0.15, -0.1) is 0 Å². The summed E-state index contributed by atoms with van der Waals surface area (Å²) in [6, 6.07) is 4.98. The molecule has 1 rings (SSSR count). The van der Waals surface area contributed by atoms with Crippen LogP contribution in [0.1, 0.15) is 24.2 Å². The van der Waals surface area contributed by atoms with E-state index < -0.39 is 24.2 Å². The number of sulfone groups is 1. The Morgan fingerprint density at radius 1 is 1.47 bits per heavy atom. The Bertz CT molecular complexity index is 624. The minimum atomic E-state index is -3.68. The number of halogens is 1. The van der Waals surface area contributed by atoms with Gasteiger partial charge in [0.2, 0.25) is 0 Å². The van der Waals surface area contributed by atoms with Crippen LogP contribution < -0.4 is 0 Å². The molecule has 0 aliphatic carbocycles. The molecule has 19 heavy (non-hydrogen) atoms. The van der Waals surface area contributed by atoms with Gasteiger partial charge in [0.1, 0.15) is 0 Å². The van der Waals surface area contributed by atoms with Crippen molar-refractivity contribution in [2.24, 2.45) is 0 Å². The largest absolute Gasteiger partial charge is 0.291 e. The van der Waals surface area contributed by atoms with E-state index in [1.165, 1.54) is 32.0 Å². The van der Waals surface area contributed by atoms with Crippen LogP contribution in [0.15, 0.2) is 24.3 Å². The van der Waals surface area contributed by atoms with E-state index in [0.717, 1.165) is 6.07 Å². The third-order valence-corrected chi connectivity index (χ3v) is 6.64. The SMILES string of the molecule is CCS(=O)(=O)[C@@](C)(Br)C(=O)c1cccc([N+](=O)[O-])c1. The average Bonchev–Trinajstić information content (AvgIpc) is 2.37. The molecule has 0 bridgehead atoms. The van der Waals surface area contributed by atoms with Gasteiger partial charge in [-0.1, -0.05) is 35.0 Å². The lowest BCUT2D eigenvalue weighted by Gasteiger charge is -2.20. The van der Waals surface area contributed by atoms with E-state index in [1.807, 2.05) is 0 Å². The van der Waals surface area contributed by atoms with E-state index in [9.17, 15) is 23.3 Å². The lowest BCUT2D eigenvalue weighted by atomic mass is 10.1. The molecule has 1 atom stereocenters. The lowest BCUT2D eigenvalue weighted by Crippen LogP contribution is -2.38. The molecule has 0 unspecified atom stereocenters. The fourth-order valence-corrected chi connectivity index (χ4v) is 3.29. The fraction of sp³-hybridized carbons (Fsp3) is 0.364. The molecule has 0 aromatic heterocycles. The van der Waals surface area contributed by atoms with Crippen molar-refractivity contribution in [2.75, 3.05) is 5.75 Å². The van der Waals surface area contributed by atoms with E-state index in [-0.39, 0.29) is 17.0 Å². The van der Waals surface area contributed by atoms with Crippen molar-refractivity contribution in [2.45, 2.75) is 17.5 Å². The zero-order valence-corrected chi connectivity index (χ0v) is 12.7. The molecule has 0 heterocycles. The summed E-state index contributed by atoms with van der Waals surface area (Å²) in [6.07, 6.45) is 0. The number of rotatable bonds is 5. The summed E-state index contributed by atoms with van der Waals surface area (Å²) >= 11 is 2.92. The van der Waals surface area contributed by atoms with Gasteiger partial charge in [0.25, 0.3) is 5.69 Å². The molecule has 0 N–H and O–H groups in total. The minimum Gasteiger partial charge on any atom is -0.291 e. The summed E-state index contributed by atoms with van der Waals surface area (Å²) in [4.78, 5) is 22.2. The third-order valence-electron chi connectivity index (χ3n) is 2.69. The van der Waals surface area contributed by atoms with Crippen molar-refractivity contribution in [1.82, 2.24) is 0 Å². The second kappa shape index (κ2) is 5.38. The van der Waals surface area contributed by atoms with Gasteiger partial charge in [0.05, 0.1) is 4.92 Å². The molecule has 8 heteroatoms. The number of alkyl halides is 1. The molecule has 104 valence electrons. The Labute approximate surface area is 119 Å². The first kappa shape index (κ1) is 15.8. The number of hydrogen-bond donors (Lipinski definition) is 0. The molecule has 0 saturated carbocycles. The molecular formula is C11H12BrNO5S. The average molecular weight is 350 g/mol. The first-order valence-electron chi connectivity index (χ1n) is 5.34. The number of Topliss-reactive ketones (excluding diaryl/α,β-unsaturated/α-hetero) is 1. The summed E-state index contributed by atoms with van der Waals surface area (Å²) in [6.45, 7) is 2.66. The van der Waals surface area contributed by atoms with Crippen LogP contribution >= 0.6 is 15.9 Å². The molecular weight excluding hydrogens is 338 g/mol. The zero-order valence-electron chi connectivity index (χ0n) is 10.3. The molecule has 0 spiro atoms. The van der Waals surface area contributed by atoms with Gasteiger partial charge in [0.15, 0.2) is 19.3 Å². The van der Waals surface area contributed by atoms with Gasteiger partial charge < -0.3 is 0 Å². The van der Waals surface area contributed by atoms with Gasteiger partial charge in [-0.25, -0.2) is 8.42 Å². The molecule has 6 nitrogen and oxygen atoms in total. The van der Waals surface area contributed by atoms with E-state index in [2.05, 4.69) is 15.9 Å². The van der Waals surface area contributed by atoms with Crippen molar-refractivity contribution in [3.8, 4) is 0 Å². The molecule has 0 saturated heterocycles. The number of benzene rings is 1. The predicted molar refractivity (Wildman–Crippen MR) is 74.2 cm³/mol. The quantitative estimate of drug-likeness (QED) is 0.352. The molecule has 1 aromatic rings. The smallest absolute Gasteiger partial charge is 0.270 e. The Balaban J connectivity index is 3.28. The molecule has 0 fully saturated rings. The number of carbonyl (C=O) groups excluding carboxylic acids is 1. The summed E-state index contributed by atoms with van der Waals surface area (Å²) in [5.74, 6) is -0.937. The van der Waals surface area contributed by atoms with E-state index in [1.54, 1.807) is 0 Å². The summed E-state index contributed by atoms with van der Waals surface area (Å²) < 4.78 is 21.9. The van der Waals surface area contributed by atoms with Gasteiger partial charge in [-0.3, -0.25) is 14.9 Å². The highest BCUT2D eigenvalue weighted by molar-refractivity contribution is 9.12. The van der Waals surface area contributed by atoms with Gasteiger partial charge in [0, 0.05) is 23.4 Å². The Morgan fingerprint density at radius 3 is 2.53 bits per heavy atom. The first-order valence-corrected chi connectivity index (χ1v) is 7.78. The van der Waals surface area contributed by atoms with Crippen molar-refractivity contribution in [3.05, 3.63) is 39.9 Å². The Morgan fingerprint density at radius 2 is 2.05 bits per heavy atom. The maximum atomic E-state index is 12.2. The summed E-state index contributed by atoms with van der Waals surface area (Å²) in [7, 11) is -3.68. The second-order valence-corrected chi connectivity index (χ2v) is 8.69. The van der Waals surface area contributed by atoms with Crippen LogP contribution in [-0.4, -0.2) is 28.5 Å². The molecule has 0 aliphatic rings. The summed E-state index contributed by atoms with van der Waals surface area (Å²) in [5, 5.41) is 10.6. The molecule has 0 radical (unpaired) electrons. The van der Waals surface area contributed by atoms with Crippen molar-refractivity contribution < 1.29 is 18.1 Å². The maximum absolute atomic E-state index is 12.2. The topological polar surface area (TPSA) is 94.3 Å². The fourth-order valence-electron chi connectivity index (χ4n) is 1.43. The molecule has 0 aliphatic heterocycles. The predicted octanol–water partition coefficient (Wildman–Crippen LogP) is 2.32. The van der Waals surface area contributed by atoms with E-state index in [4.69, 9.17) is 0 Å². The Kier molecular flexibility index (Phi) is 4.46. The van der Waals surface area contributed by atoms with Gasteiger partial charge in [-0.2, -0.15) is 0 Å². The van der Waals surface area contributed by atoms with Crippen molar-refractivity contribution >= 4 is 37.2 Å². The van der Waals surface area contributed by atoms with Crippen LogP contribution in [0, 0.1) is 10.1 Å². The standard InChI is InChI=1S/C11H12BrNO5S/c1-3-19(17,18)11(2,12)10(14)8-5-4-6-9(7-8)13(15)16/h4-7H,3H2,1-2H3/t11-/m1/s1. The number of nitro benzene ring substituents is 1. The maximum Gasteiger partial charge on any atom is 0.270 e. The highest BCUT2D eigenvalue weighted by Gasteiger charge is 2.43. The van der Waals surface area contributed by atoms with E-state index >= 15 is 0 Å². The normalized spacial score (nSPS) is 14.7. The number of nitro groups is 1. The van der Waals surface area contributed by atoms with Gasteiger partial charge >= 0.3 is 0 Å². The Hall–Kier alpha value is -1.28. The van der Waals surface area contributed by atoms with Crippen LogP contribution in [0.25, 0.3) is 0 Å². The van der Waals surface area contributed by atoms with Crippen LogP contribution in [0.3, 0.4) is 0 Å². The minimum absolute atomic E-state index is 0.0226. The van der Waals surface area contributed by atoms with E-state index in [0.29, 0.717) is 0 Å². The number of nitrogens with zero attached hydrogens (tertiary/aromatic N) is 1. The monoisotopic (exact) mass is 349 g/mol. The second-order valence-electron chi connectivity index (χ2n) is 3.96. The van der Waals surface area contributed by atoms with Crippen molar-refractivity contribution in [3.63, 3.8) is 0 Å².